The minimum Gasteiger partial charge on any atom is -0.441 e. The molecule has 0 spiro atoms. The molecule has 1 aromatic heterocycles. The maximum Gasteiger partial charge on any atom is 0.411 e. The van der Waals surface area contributed by atoms with E-state index in [1.807, 2.05) is 79.0 Å². The molecule has 6 heteroatoms. The molecule has 6 nitrogen and oxygen atoms in total. The molecule has 5 rings (SSSR count). The van der Waals surface area contributed by atoms with Crippen molar-refractivity contribution in [2.75, 3.05) is 0 Å². The first kappa shape index (κ1) is 21.6. The van der Waals surface area contributed by atoms with Gasteiger partial charge in [-0.05, 0) is 51.2 Å². The van der Waals surface area contributed by atoms with Crippen LogP contribution in [0.4, 0.5) is 4.79 Å². The SMILES string of the molecule is Cn1cc(C(=O)NC2CCC(N3C(=O)OC(C)(C)C3c3ccccc3)CC2)c2ccccc21. The van der Waals surface area contributed by atoms with Crippen LogP contribution in [0.1, 0.15) is 61.5 Å². The van der Waals surface area contributed by atoms with E-state index in [-0.39, 0.29) is 30.1 Å². The summed E-state index contributed by atoms with van der Waals surface area (Å²) in [7, 11) is 1.96. The van der Waals surface area contributed by atoms with Crippen molar-refractivity contribution in [1.82, 2.24) is 14.8 Å². The molecular formula is C27H31N3O3. The zero-order valence-electron chi connectivity index (χ0n) is 19.5. The van der Waals surface area contributed by atoms with Gasteiger partial charge in [-0.15, -0.1) is 0 Å². The fourth-order valence-electron chi connectivity index (χ4n) is 5.62. The van der Waals surface area contributed by atoms with E-state index in [0.29, 0.717) is 5.56 Å². The number of nitrogens with one attached hydrogen (secondary N) is 1. The molecule has 33 heavy (non-hydrogen) atoms. The van der Waals surface area contributed by atoms with E-state index in [1.54, 1.807) is 0 Å². The number of aryl methyl sites for hydroxylation is 1. The molecule has 2 aromatic carbocycles. The largest absolute Gasteiger partial charge is 0.441 e. The highest BCUT2D eigenvalue weighted by Crippen LogP contribution is 2.44. The molecular weight excluding hydrogens is 414 g/mol. The fraction of sp³-hybridized carbons (Fsp3) is 0.407. The number of amides is 2. The summed E-state index contributed by atoms with van der Waals surface area (Å²) >= 11 is 0. The van der Waals surface area contributed by atoms with Crippen molar-refractivity contribution in [3.63, 3.8) is 0 Å². The lowest BCUT2D eigenvalue weighted by Crippen LogP contribution is -2.46. The molecule has 3 aromatic rings. The van der Waals surface area contributed by atoms with E-state index in [0.717, 1.165) is 42.1 Å². The monoisotopic (exact) mass is 445 g/mol. The maximum absolute atomic E-state index is 13.0. The molecule has 2 heterocycles. The van der Waals surface area contributed by atoms with Crippen molar-refractivity contribution < 1.29 is 14.3 Å². The van der Waals surface area contributed by atoms with Gasteiger partial charge in [-0.3, -0.25) is 9.69 Å². The molecule has 0 radical (unpaired) electrons. The van der Waals surface area contributed by atoms with E-state index in [1.165, 1.54) is 0 Å². The van der Waals surface area contributed by atoms with Gasteiger partial charge in [0.05, 0.1) is 11.6 Å². The molecule has 2 aliphatic rings. The molecule has 0 bridgehead atoms. The molecule has 1 aliphatic carbocycles. The normalized spacial score (nSPS) is 24.6. The Morgan fingerprint density at radius 2 is 1.67 bits per heavy atom. The number of aromatic nitrogens is 1. The van der Waals surface area contributed by atoms with Gasteiger partial charge < -0.3 is 14.6 Å². The summed E-state index contributed by atoms with van der Waals surface area (Å²) in [5.41, 5.74) is 2.27. The Labute approximate surface area is 194 Å². The van der Waals surface area contributed by atoms with Gasteiger partial charge in [0.25, 0.3) is 5.91 Å². The Morgan fingerprint density at radius 3 is 2.39 bits per heavy atom. The number of hydrogen-bond donors (Lipinski definition) is 1. The van der Waals surface area contributed by atoms with E-state index in [9.17, 15) is 9.59 Å². The minimum atomic E-state index is -0.585. The van der Waals surface area contributed by atoms with Crippen LogP contribution in [0.15, 0.2) is 60.8 Å². The Bertz CT molecular complexity index is 1180. The van der Waals surface area contributed by atoms with Crippen LogP contribution in [0.2, 0.25) is 0 Å². The summed E-state index contributed by atoms with van der Waals surface area (Å²) in [6.07, 6.45) is 5.03. The average molecular weight is 446 g/mol. The molecule has 1 N–H and O–H groups in total. The van der Waals surface area contributed by atoms with Crippen LogP contribution < -0.4 is 5.32 Å². The zero-order chi connectivity index (χ0) is 23.2. The molecule has 172 valence electrons. The second-order valence-corrected chi connectivity index (χ2v) is 9.84. The topological polar surface area (TPSA) is 63.6 Å². The Hall–Kier alpha value is -3.28. The first-order valence-corrected chi connectivity index (χ1v) is 11.8. The molecule has 1 saturated heterocycles. The van der Waals surface area contributed by atoms with Crippen molar-refractivity contribution >= 4 is 22.9 Å². The van der Waals surface area contributed by atoms with Crippen LogP contribution in [0, 0.1) is 0 Å². The standard InChI is InChI=1S/C27H31N3O3/c1-27(2)24(18-9-5-4-6-10-18)30(26(32)33-27)20-15-13-19(14-16-20)28-25(31)22-17-29(3)23-12-8-7-11-21(22)23/h4-12,17,19-20,24H,13-16H2,1-3H3,(H,28,31). The highest BCUT2D eigenvalue weighted by molar-refractivity contribution is 6.07. The van der Waals surface area contributed by atoms with Crippen LogP contribution in [-0.2, 0) is 11.8 Å². The van der Waals surface area contributed by atoms with Crippen molar-refractivity contribution in [3.05, 3.63) is 71.9 Å². The lowest BCUT2D eigenvalue weighted by Gasteiger charge is -2.38. The third-order valence-corrected chi connectivity index (χ3v) is 7.18. The molecule has 2 fully saturated rings. The van der Waals surface area contributed by atoms with Gasteiger partial charge in [-0.1, -0.05) is 48.5 Å². The average Bonchev–Trinajstić information content (AvgIpc) is 3.27. The number of fused-ring (bicyclic) bond motifs is 1. The number of carbonyl (C=O) groups is 2. The van der Waals surface area contributed by atoms with Gasteiger partial charge in [0.15, 0.2) is 0 Å². The Balaban J connectivity index is 1.28. The predicted octanol–water partition coefficient (Wildman–Crippen LogP) is 5.19. The van der Waals surface area contributed by atoms with Crippen LogP contribution in [0.25, 0.3) is 10.9 Å². The van der Waals surface area contributed by atoms with E-state index in [2.05, 4.69) is 17.4 Å². The number of carbonyl (C=O) groups excluding carboxylic acids is 2. The van der Waals surface area contributed by atoms with E-state index < -0.39 is 5.60 Å². The van der Waals surface area contributed by atoms with Crippen LogP contribution >= 0.6 is 0 Å². The third kappa shape index (κ3) is 3.88. The van der Waals surface area contributed by atoms with Crippen molar-refractivity contribution in [2.24, 2.45) is 7.05 Å². The number of rotatable bonds is 4. The first-order chi connectivity index (χ1) is 15.8. The number of nitrogens with zero attached hydrogens (tertiary/aromatic N) is 2. The van der Waals surface area contributed by atoms with Gasteiger partial charge in [0.1, 0.15) is 5.60 Å². The molecule has 1 atom stereocenters. The van der Waals surface area contributed by atoms with Crippen LogP contribution in [0.3, 0.4) is 0 Å². The smallest absolute Gasteiger partial charge is 0.411 e. The highest BCUT2D eigenvalue weighted by atomic mass is 16.6. The van der Waals surface area contributed by atoms with Crippen molar-refractivity contribution in [3.8, 4) is 0 Å². The highest BCUT2D eigenvalue weighted by Gasteiger charge is 2.51. The van der Waals surface area contributed by atoms with Crippen LogP contribution in [0.5, 0.6) is 0 Å². The first-order valence-electron chi connectivity index (χ1n) is 11.8. The zero-order valence-corrected chi connectivity index (χ0v) is 19.5. The summed E-state index contributed by atoms with van der Waals surface area (Å²) in [4.78, 5) is 27.9. The molecule has 1 aliphatic heterocycles. The summed E-state index contributed by atoms with van der Waals surface area (Å²) in [5.74, 6) is -0.0286. The van der Waals surface area contributed by atoms with Crippen LogP contribution in [-0.4, -0.2) is 39.2 Å². The summed E-state index contributed by atoms with van der Waals surface area (Å²) in [5, 5.41) is 4.21. The number of para-hydroxylation sites is 1. The predicted molar refractivity (Wildman–Crippen MR) is 128 cm³/mol. The quantitative estimate of drug-likeness (QED) is 0.601. The van der Waals surface area contributed by atoms with E-state index in [4.69, 9.17) is 4.74 Å². The van der Waals surface area contributed by atoms with Gasteiger partial charge in [0, 0.05) is 36.2 Å². The lowest BCUT2D eigenvalue weighted by atomic mass is 9.86. The second kappa shape index (κ2) is 8.25. The second-order valence-electron chi connectivity index (χ2n) is 9.84. The van der Waals surface area contributed by atoms with E-state index >= 15 is 0 Å². The van der Waals surface area contributed by atoms with Gasteiger partial charge in [0.2, 0.25) is 0 Å². The van der Waals surface area contributed by atoms with Gasteiger partial charge >= 0.3 is 6.09 Å². The van der Waals surface area contributed by atoms with Crippen molar-refractivity contribution in [1.29, 1.82) is 0 Å². The molecule has 1 unspecified atom stereocenters. The molecule has 2 amide bonds. The summed E-state index contributed by atoms with van der Waals surface area (Å²) < 4.78 is 7.78. The minimum absolute atomic E-state index is 0.0286. The maximum atomic E-state index is 13.0. The number of benzene rings is 2. The van der Waals surface area contributed by atoms with Gasteiger partial charge in [-0.2, -0.15) is 0 Å². The Morgan fingerprint density at radius 1 is 1.00 bits per heavy atom. The molecule has 1 saturated carbocycles. The third-order valence-electron chi connectivity index (χ3n) is 7.18. The fourth-order valence-corrected chi connectivity index (χ4v) is 5.62. The van der Waals surface area contributed by atoms with Crippen molar-refractivity contribution in [2.45, 2.75) is 63.3 Å². The van der Waals surface area contributed by atoms with Gasteiger partial charge in [-0.25, -0.2) is 4.79 Å². The number of cyclic esters (lactones) is 1. The summed E-state index contributed by atoms with van der Waals surface area (Å²) in [6, 6.07) is 18.2. The lowest BCUT2D eigenvalue weighted by molar-refractivity contribution is 0.0663. The Kier molecular flexibility index (Phi) is 5.39. The number of hydrogen-bond acceptors (Lipinski definition) is 3. The summed E-state index contributed by atoms with van der Waals surface area (Å²) in [6.45, 7) is 3.97. The number of ether oxygens (including phenoxy) is 1.